The molecule has 96 valence electrons. The maximum Gasteiger partial charge on any atom is 0.384 e. The van der Waals surface area contributed by atoms with Gasteiger partial charge in [0.2, 0.25) is 0 Å². The molecule has 3 aromatic carbocycles. The van der Waals surface area contributed by atoms with Crippen LogP contribution in [0.15, 0.2) is 54.6 Å². The van der Waals surface area contributed by atoms with Gasteiger partial charge >= 0.3 is 5.97 Å². The highest BCUT2D eigenvalue weighted by Gasteiger charge is 2.08. The van der Waals surface area contributed by atoms with E-state index in [1.165, 1.54) is 0 Å². The second-order valence-corrected chi connectivity index (χ2v) is 4.52. The summed E-state index contributed by atoms with van der Waals surface area (Å²) >= 11 is 0. The van der Waals surface area contributed by atoms with Crippen molar-refractivity contribution in [1.82, 2.24) is 0 Å². The van der Waals surface area contributed by atoms with Crippen LogP contribution in [0.2, 0.25) is 0 Å². The zero-order chi connectivity index (χ0) is 13.9. The maximum absolute atomic E-state index is 11.2. The number of rotatable bonds is 2. The molecule has 0 N–H and O–H groups in total. The van der Waals surface area contributed by atoms with Crippen LogP contribution < -0.4 is 0 Å². The number of fused-ring (bicyclic) bond motifs is 2. The van der Waals surface area contributed by atoms with Crippen LogP contribution in [0.5, 0.6) is 0 Å². The van der Waals surface area contributed by atoms with Crippen molar-refractivity contribution in [2.45, 2.75) is 6.61 Å². The van der Waals surface area contributed by atoms with E-state index < -0.39 is 5.97 Å². The molecule has 2 nitrogen and oxygen atoms in total. The molecule has 0 aliphatic heterocycles. The lowest BCUT2D eigenvalue weighted by Crippen LogP contribution is -2.02. The first kappa shape index (κ1) is 12.3. The Labute approximate surface area is 117 Å². The Morgan fingerprint density at radius 1 is 1.00 bits per heavy atom. The first-order valence-corrected chi connectivity index (χ1v) is 6.32. The lowest BCUT2D eigenvalue weighted by atomic mass is 9.97. The van der Waals surface area contributed by atoms with Gasteiger partial charge in [-0.2, -0.15) is 0 Å². The quantitative estimate of drug-likeness (QED) is 0.304. The van der Waals surface area contributed by atoms with Crippen molar-refractivity contribution in [2.75, 3.05) is 0 Å². The van der Waals surface area contributed by atoms with Crippen molar-refractivity contribution in [3.05, 3.63) is 60.2 Å². The van der Waals surface area contributed by atoms with Gasteiger partial charge in [0.1, 0.15) is 6.61 Å². The zero-order valence-corrected chi connectivity index (χ0v) is 10.8. The molecule has 20 heavy (non-hydrogen) atoms. The van der Waals surface area contributed by atoms with E-state index in [1.807, 2.05) is 54.5 Å². The van der Waals surface area contributed by atoms with E-state index in [-0.39, 0.29) is 6.61 Å². The van der Waals surface area contributed by atoms with Gasteiger partial charge in [-0.05, 0) is 27.6 Å². The number of terminal acetylenes is 1. The van der Waals surface area contributed by atoms with Crippen molar-refractivity contribution < 1.29 is 9.53 Å². The number of hydrogen-bond acceptors (Lipinski definition) is 2. The topological polar surface area (TPSA) is 26.3 Å². The largest absolute Gasteiger partial charge is 0.451 e. The molecule has 0 heterocycles. The highest BCUT2D eigenvalue weighted by atomic mass is 16.5. The molecule has 0 spiro atoms. The first-order chi connectivity index (χ1) is 9.79. The Morgan fingerprint density at radius 2 is 1.55 bits per heavy atom. The summed E-state index contributed by atoms with van der Waals surface area (Å²) in [7, 11) is 0. The number of esters is 1. The number of carbonyl (C=O) groups is 1. The number of benzene rings is 3. The lowest BCUT2D eigenvalue weighted by molar-refractivity contribution is -0.137. The van der Waals surface area contributed by atoms with Crippen LogP contribution in [-0.4, -0.2) is 5.97 Å². The summed E-state index contributed by atoms with van der Waals surface area (Å²) in [6, 6.07) is 18.2. The van der Waals surface area contributed by atoms with Crippen molar-refractivity contribution in [1.29, 1.82) is 0 Å². The fraction of sp³-hybridized carbons (Fsp3) is 0.0556. The minimum atomic E-state index is -0.637. The summed E-state index contributed by atoms with van der Waals surface area (Å²) in [5.74, 6) is 1.33. The van der Waals surface area contributed by atoms with Crippen LogP contribution in [0.4, 0.5) is 0 Å². The first-order valence-electron chi connectivity index (χ1n) is 6.32. The Balaban J connectivity index is 2.23. The molecule has 3 rings (SSSR count). The molecule has 0 bridgehead atoms. The molecule has 0 aliphatic carbocycles. The molecular weight excluding hydrogens is 248 g/mol. The van der Waals surface area contributed by atoms with E-state index in [0.717, 1.165) is 27.1 Å². The number of ether oxygens (including phenoxy) is 1. The van der Waals surface area contributed by atoms with Gasteiger partial charge in [-0.1, -0.05) is 48.5 Å². The second kappa shape index (κ2) is 5.07. The van der Waals surface area contributed by atoms with Crippen LogP contribution in [0, 0.1) is 12.3 Å². The molecule has 0 saturated carbocycles. The lowest BCUT2D eigenvalue weighted by Gasteiger charge is -2.11. The van der Waals surface area contributed by atoms with E-state index >= 15 is 0 Å². The monoisotopic (exact) mass is 260 g/mol. The molecular formula is C18H12O2. The summed E-state index contributed by atoms with van der Waals surface area (Å²) in [6.45, 7) is 0.185. The minimum absolute atomic E-state index is 0.185. The van der Waals surface area contributed by atoms with Gasteiger partial charge in [0.15, 0.2) is 0 Å². The van der Waals surface area contributed by atoms with Crippen molar-refractivity contribution in [3.63, 3.8) is 0 Å². The number of carbonyl (C=O) groups excluding carboxylic acids is 1. The summed E-state index contributed by atoms with van der Waals surface area (Å²) in [6.07, 6.45) is 5.04. The van der Waals surface area contributed by atoms with Crippen molar-refractivity contribution >= 4 is 27.5 Å². The Hall–Kier alpha value is -2.79. The van der Waals surface area contributed by atoms with Crippen LogP contribution in [0.25, 0.3) is 21.5 Å². The highest BCUT2D eigenvalue weighted by molar-refractivity contribution is 6.02. The molecule has 0 unspecified atom stereocenters. The third-order valence-electron chi connectivity index (χ3n) is 3.35. The summed E-state index contributed by atoms with van der Waals surface area (Å²) in [4.78, 5) is 11.2. The third kappa shape index (κ3) is 2.10. The fourth-order valence-corrected chi connectivity index (χ4v) is 2.44. The Morgan fingerprint density at radius 3 is 2.10 bits per heavy atom. The predicted molar refractivity (Wildman–Crippen MR) is 80.1 cm³/mol. The van der Waals surface area contributed by atoms with Gasteiger partial charge in [-0.25, -0.2) is 4.79 Å². The fourth-order valence-electron chi connectivity index (χ4n) is 2.44. The summed E-state index contributed by atoms with van der Waals surface area (Å²) in [5, 5.41) is 4.41. The molecule has 0 fully saturated rings. The van der Waals surface area contributed by atoms with Gasteiger partial charge in [-0.3, -0.25) is 0 Å². The minimum Gasteiger partial charge on any atom is -0.451 e. The second-order valence-electron chi connectivity index (χ2n) is 4.52. The van der Waals surface area contributed by atoms with Gasteiger partial charge in [-0.15, -0.1) is 6.42 Å². The average molecular weight is 260 g/mol. The smallest absolute Gasteiger partial charge is 0.384 e. The van der Waals surface area contributed by atoms with E-state index in [2.05, 4.69) is 6.07 Å². The standard InChI is InChI=1S/C18H12O2/c1-2-18(19)20-12-17-15-9-5-3-7-13(15)11-14-8-4-6-10-16(14)17/h1,3-11H,12H2. The Kier molecular flexibility index (Phi) is 3.10. The van der Waals surface area contributed by atoms with E-state index in [9.17, 15) is 4.79 Å². The van der Waals surface area contributed by atoms with E-state index in [1.54, 1.807) is 0 Å². The third-order valence-corrected chi connectivity index (χ3v) is 3.35. The molecule has 0 radical (unpaired) electrons. The predicted octanol–water partition coefficient (Wildman–Crippen LogP) is 3.67. The van der Waals surface area contributed by atoms with Crippen LogP contribution in [0.1, 0.15) is 5.56 Å². The number of hydrogen-bond donors (Lipinski definition) is 0. The molecule has 2 heteroatoms. The van der Waals surface area contributed by atoms with E-state index in [0.29, 0.717) is 0 Å². The molecule has 0 aliphatic rings. The van der Waals surface area contributed by atoms with Gasteiger partial charge in [0.25, 0.3) is 0 Å². The van der Waals surface area contributed by atoms with Crippen LogP contribution >= 0.6 is 0 Å². The van der Waals surface area contributed by atoms with E-state index in [4.69, 9.17) is 11.2 Å². The van der Waals surface area contributed by atoms with Gasteiger partial charge in [0, 0.05) is 11.5 Å². The van der Waals surface area contributed by atoms with Crippen LogP contribution in [0.3, 0.4) is 0 Å². The average Bonchev–Trinajstić information content (AvgIpc) is 2.51. The van der Waals surface area contributed by atoms with Gasteiger partial charge < -0.3 is 4.74 Å². The van der Waals surface area contributed by atoms with Crippen molar-refractivity contribution in [3.8, 4) is 12.3 Å². The SMILES string of the molecule is C#CC(=O)OCc1c2ccccc2cc2ccccc12. The zero-order valence-electron chi connectivity index (χ0n) is 10.8. The highest BCUT2D eigenvalue weighted by Crippen LogP contribution is 2.28. The molecule has 0 amide bonds. The molecule has 0 atom stereocenters. The summed E-state index contributed by atoms with van der Waals surface area (Å²) < 4.78 is 5.12. The molecule has 0 aromatic heterocycles. The Bertz CT molecular complexity index is 787. The molecule has 0 saturated heterocycles. The maximum atomic E-state index is 11.2. The normalized spacial score (nSPS) is 10.3. The van der Waals surface area contributed by atoms with Crippen LogP contribution in [-0.2, 0) is 16.1 Å². The summed E-state index contributed by atoms with van der Waals surface area (Å²) in [5.41, 5.74) is 0.988. The molecule has 3 aromatic rings. The van der Waals surface area contributed by atoms with Gasteiger partial charge in [0.05, 0.1) is 0 Å². The van der Waals surface area contributed by atoms with Crippen molar-refractivity contribution in [2.24, 2.45) is 0 Å².